The minimum atomic E-state index is -0.651. The number of amides is 4. The van der Waals surface area contributed by atoms with Gasteiger partial charge in [-0.05, 0) is 64.5 Å². The molecular formula is C33H43N7O6S. The number of rotatable bonds is 10. The standard InChI is InChI=1S/C33H43N7O6S/c1-33(2,3)46-32(43)37-27-22-47-21-26(27)36-30(41)25-8-6-23(19-34-25)20-40(11-5-10-39-14-12-38(4)13-15-39)31(42)35-24-7-9-28-29(18-24)45-17-16-44-28/h6-9,18-19,21-22H,5,10-17,20H2,1-4H3,(H,35,42)(H,36,41)(H,37,43). The van der Waals surface area contributed by atoms with Gasteiger partial charge in [0.15, 0.2) is 11.5 Å². The van der Waals surface area contributed by atoms with Crippen LogP contribution in [0.5, 0.6) is 11.5 Å². The molecule has 1 aromatic carbocycles. The van der Waals surface area contributed by atoms with Crippen molar-refractivity contribution >= 4 is 46.4 Å². The summed E-state index contributed by atoms with van der Waals surface area (Å²) in [6.07, 6.45) is 1.81. The predicted octanol–water partition coefficient (Wildman–Crippen LogP) is 5.19. The molecule has 13 nitrogen and oxygen atoms in total. The van der Waals surface area contributed by atoms with Crippen LogP contribution in [0.4, 0.5) is 26.7 Å². The molecule has 1 saturated heterocycles. The van der Waals surface area contributed by atoms with Crippen molar-refractivity contribution in [1.29, 1.82) is 0 Å². The van der Waals surface area contributed by atoms with E-state index in [4.69, 9.17) is 14.2 Å². The molecule has 252 valence electrons. The molecule has 2 aromatic heterocycles. The molecule has 14 heteroatoms. The van der Waals surface area contributed by atoms with Gasteiger partial charge < -0.3 is 39.5 Å². The average Bonchev–Trinajstić information content (AvgIpc) is 3.46. The number of thiophene rings is 1. The number of aromatic nitrogens is 1. The van der Waals surface area contributed by atoms with Crippen molar-refractivity contribution in [2.45, 2.75) is 39.3 Å². The molecule has 0 radical (unpaired) electrons. The normalized spacial score (nSPS) is 15.1. The van der Waals surface area contributed by atoms with E-state index >= 15 is 0 Å². The van der Waals surface area contributed by atoms with Gasteiger partial charge in [0.2, 0.25) is 0 Å². The lowest BCUT2D eigenvalue weighted by Gasteiger charge is -2.33. The number of urea groups is 1. The number of piperazine rings is 1. The Kier molecular flexibility index (Phi) is 11.2. The summed E-state index contributed by atoms with van der Waals surface area (Å²) in [5.41, 5.74) is 1.82. The molecule has 4 amide bonds. The maximum atomic E-state index is 13.5. The number of hydrogen-bond donors (Lipinski definition) is 3. The lowest BCUT2D eigenvalue weighted by molar-refractivity contribution is 0.0635. The Morgan fingerprint density at radius 3 is 2.38 bits per heavy atom. The molecule has 2 aliphatic rings. The van der Waals surface area contributed by atoms with Crippen molar-refractivity contribution < 1.29 is 28.6 Å². The lowest BCUT2D eigenvalue weighted by atomic mass is 10.2. The molecule has 0 aliphatic carbocycles. The maximum Gasteiger partial charge on any atom is 0.412 e. The van der Waals surface area contributed by atoms with Gasteiger partial charge in [-0.15, -0.1) is 11.3 Å². The summed E-state index contributed by atoms with van der Waals surface area (Å²) in [5.74, 6) is 0.828. The van der Waals surface area contributed by atoms with Crippen LogP contribution in [0.15, 0.2) is 47.3 Å². The zero-order valence-corrected chi connectivity index (χ0v) is 28.2. The summed E-state index contributed by atoms with van der Waals surface area (Å²) in [4.78, 5) is 49.7. The van der Waals surface area contributed by atoms with E-state index < -0.39 is 17.6 Å². The molecule has 3 N–H and O–H groups in total. The van der Waals surface area contributed by atoms with Gasteiger partial charge in [0, 0.05) is 68.0 Å². The summed E-state index contributed by atoms with van der Waals surface area (Å²) in [6.45, 7) is 12.1. The number of nitrogens with one attached hydrogen (secondary N) is 3. The van der Waals surface area contributed by atoms with Crippen LogP contribution in [-0.2, 0) is 11.3 Å². The SMILES string of the molecule is CN1CCN(CCCN(Cc2ccc(C(=O)Nc3cscc3NC(=O)OC(C)(C)C)nc2)C(=O)Nc2ccc3c(c2)OCCO3)CC1. The number of likely N-dealkylation sites (N-methyl/N-ethyl adjacent to an activating group) is 1. The Labute approximate surface area is 279 Å². The van der Waals surface area contributed by atoms with Crippen LogP contribution in [0, 0.1) is 0 Å². The first-order chi connectivity index (χ1) is 22.5. The van der Waals surface area contributed by atoms with Crippen molar-refractivity contribution in [2.75, 3.05) is 75.5 Å². The number of fused-ring (bicyclic) bond motifs is 1. The molecule has 0 atom stereocenters. The fourth-order valence-corrected chi connectivity index (χ4v) is 5.81. The lowest BCUT2D eigenvalue weighted by Crippen LogP contribution is -2.45. The first-order valence-corrected chi connectivity index (χ1v) is 16.7. The highest BCUT2D eigenvalue weighted by Crippen LogP contribution is 2.33. The van der Waals surface area contributed by atoms with Crippen LogP contribution < -0.4 is 25.4 Å². The van der Waals surface area contributed by atoms with Crippen LogP contribution in [0.1, 0.15) is 43.2 Å². The van der Waals surface area contributed by atoms with Crippen LogP contribution in [-0.4, -0.2) is 103 Å². The van der Waals surface area contributed by atoms with Crippen molar-refractivity contribution in [1.82, 2.24) is 19.7 Å². The number of hydrogen-bond acceptors (Lipinski definition) is 10. The minimum Gasteiger partial charge on any atom is -0.486 e. The Morgan fingerprint density at radius 1 is 0.957 bits per heavy atom. The van der Waals surface area contributed by atoms with E-state index in [1.165, 1.54) is 11.3 Å². The third kappa shape index (κ3) is 10.0. The summed E-state index contributed by atoms with van der Waals surface area (Å²) in [5, 5.41) is 11.9. The number of carbonyl (C=O) groups excluding carboxylic acids is 3. The van der Waals surface area contributed by atoms with E-state index in [1.807, 2.05) is 0 Å². The quantitative estimate of drug-likeness (QED) is 0.267. The van der Waals surface area contributed by atoms with Crippen LogP contribution in [0.2, 0.25) is 0 Å². The molecule has 4 heterocycles. The van der Waals surface area contributed by atoms with Gasteiger partial charge in [0.05, 0.1) is 11.4 Å². The molecule has 47 heavy (non-hydrogen) atoms. The van der Waals surface area contributed by atoms with E-state index in [1.54, 1.807) is 73.0 Å². The minimum absolute atomic E-state index is 0.200. The average molecular weight is 666 g/mol. The second-order valence-corrected chi connectivity index (χ2v) is 13.3. The second kappa shape index (κ2) is 15.5. The largest absolute Gasteiger partial charge is 0.486 e. The predicted molar refractivity (Wildman–Crippen MR) is 182 cm³/mol. The summed E-state index contributed by atoms with van der Waals surface area (Å²) in [7, 11) is 2.13. The van der Waals surface area contributed by atoms with Gasteiger partial charge in [-0.2, -0.15) is 0 Å². The van der Waals surface area contributed by atoms with E-state index in [9.17, 15) is 14.4 Å². The first kappa shape index (κ1) is 33.9. The Morgan fingerprint density at radius 2 is 1.68 bits per heavy atom. The van der Waals surface area contributed by atoms with E-state index in [2.05, 4.69) is 37.8 Å². The molecule has 2 aliphatic heterocycles. The number of ether oxygens (including phenoxy) is 3. The molecule has 1 fully saturated rings. The van der Waals surface area contributed by atoms with Crippen LogP contribution >= 0.6 is 11.3 Å². The fourth-order valence-electron chi connectivity index (χ4n) is 5.10. The second-order valence-electron chi connectivity index (χ2n) is 12.5. The highest BCUT2D eigenvalue weighted by molar-refractivity contribution is 7.09. The van der Waals surface area contributed by atoms with Gasteiger partial charge in [-0.1, -0.05) is 6.07 Å². The maximum absolute atomic E-state index is 13.5. The molecule has 0 unspecified atom stereocenters. The Balaban J connectivity index is 1.21. The zero-order chi connectivity index (χ0) is 33.4. The zero-order valence-electron chi connectivity index (χ0n) is 27.3. The summed E-state index contributed by atoms with van der Waals surface area (Å²) < 4.78 is 16.6. The van der Waals surface area contributed by atoms with Gasteiger partial charge in [0.1, 0.15) is 24.5 Å². The molecule has 0 bridgehead atoms. The Bertz CT molecular complexity index is 1530. The summed E-state index contributed by atoms with van der Waals surface area (Å²) in [6, 6.07) is 8.53. The number of anilines is 3. The first-order valence-electron chi connectivity index (χ1n) is 15.7. The van der Waals surface area contributed by atoms with Gasteiger partial charge in [0.25, 0.3) is 5.91 Å². The monoisotopic (exact) mass is 665 g/mol. The van der Waals surface area contributed by atoms with Crippen molar-refractivity contribution in [3.05, 3.63) is 58.5 Å². The van der Waals surface area contributed by atoms with E-state index in [0.29, 0.717) is 54.9 Å². The van der Waals surface area contributed by atoms with Gasteiger partial charge >= 0.3 is 12.1 Å². The van der Waals surface area contributed by atoms with E-state index in [0.717, 1.165) is 44.7 Å². The van der Waals surface area contributed by atoms with Crippen molar-refractivity contribution in [2.24, 2.45) is 0 Å². The summed E-state index contributed by atoms with van der Waals surface area (Å²) >= 11 is 1.33. The number of nitrogens with zero attached hydrogens (tertiary/aromatic N) is 4. The molecular weight excluding hydrogens is 622 g/mol. The number of carbonyl (C=O) groups is 3. The molecule has 5 rings (SSSR count). The highest BCUT2D eigenvalue weighted by Gasteiger charge is 2.21. The number of benzene rings is 1. The van der Waals surface area contributed by atoms with Crippen LogP contribution in [0.3, 0.4) is 0 Å². The third-order valence-electron chi connectivity index (χ3n) is 7.56. The smallest absolute Gasteiger partial charge is 0.412 e. The van der Waals surface area contributed by atoms with E-state index in [-0.39, 0.29) is 11.7 Å². The Hall–Kier alpha value is -4.40. The van der Waals surface area contributed by atoms with Gasteiger partial charge in [-0.3, -0.25) is 15.1 Å². The number of pyridine rings is 1. The third-order valence-corrected chi connectivity index (χ3v) is 8.30. The van der Waals surface area contributed by atoms with Crippen LogP contribution in [0.25, 0.3) is 0 Å². The van der Waals surface area contributed by atoms with Gasteiger partial charge in [-0.25, -0.2) is 9.59 Å². The fraction of sp³-hybridized carbons (Fsp3) is 0.455. The van der Waals surface area contributed by atoms with Crippen molar-refractivity contribution in [3.8, 4) is 11.5 Å². The molecule has 3 aromatic rings. The highest BCUT2D eigenvalue weighted by atomic mass is 32.1. The van der Waals surface area contributed by atoms with Crippen molar-refractivity contribution in [3.63, 3.8) is 0 Å². The topological polar surface area (TPSA) is 138 Å². The molecule has 0 spiro atoms. The molecule has 0 saturated carbocycles.